The standard InChI is InChI=1S/C17H21NO3/c19-16(18-15(10-17(20)21)13-6-7-13)9-11-4-5-12-2-1-3-14(12)8-11/h4-5,8,13,15H,1-3,6-7,9-10H2,(H,18,19)(H,20,21). The minimum Gasteiger partial charge on any atom is -0.481 e. The Bertz CT molecular complexity index is 563. The van der Waals surface area contributed by atoms with Gasteiger partial charge < -0.3 is 10.4 Å². The van der Waals surface area contributed by atoms with Gasteiger partial charge in [-0.25, -0.2) is 0 Å². The summed E-state index contributed by atoms with van der Waals surface area (Å²) in [4.78, 5) is 23.0. The number of fused-ring (bicyclic) bond motifs is 1. The second kappa shape index (κ2) is 5.88. The van der Waals surface area contributed by atoms with Crippen LogP contribution in [0.15, 0.2) is 18.2 Å². The van der Waals surface area contributed by atoms with Crippen LogP contribution in [0.5, 0.6) is 0 Å². The second-order valence-electron chi connectivity index (χ2n) is 6.24. The molecule has 1 aromatic rings. The third-order valence-electron chi connectivity index (χ3n) is 4.46. The number of rotatable bonds is 6. The van der Waals surface area contributed by atoms with Crippen molar-refractivity contribution in [2.75, 3.05) is 0 Å². The van der Waals surface area contributed by atoms with Crippen molar-refractivity contribution in [1.29, 1.82) is 0 Å². The van der Waals surface area contributed by atoms with Gasteiger partial charge >= 0.3 is 5.97 Å². The van der Waals surface area contributed by atoms with Gasteiger partial charge in [0.2, 0.25) is 5.91 Å². The first kappa shape index (κ1) is 14.1. The van der Waals surface area contributed by atoms with E-state index in [0.717, 1.165) is 31.2 Å². The highest BCUT2D eigenvalue weighted by Gasteiger charge is 2.33. The maximum absolute atomic E-state index is 12.1. The predicted molar refractivity (Wildman–Crippen MR) is 79.1 cm³/mol. The van der Waals surface area contributed by atoms with E-state index in [1.54, 1.807) is 0 Å². The van der Waals surface area contributed by atoms with E-state index in [2.05, 4.69) is 17.4 Å². The molecule has 2 N–H and O–H groups in total. The highest BCUT2D eigenvalue weighted by atomic mass is 16.4. The lowest BCUT2D eigenvalue weighted by Gasteiger charge is -2.16. The molecule has 0 aromatic heterocycles. The molecule has 1 unspecified atom stereocenters. The Morgan fingerprint density at radius 1 is 1.24 bits per heavy atom. The molecular formula is C17H21NO3. The van der Waals surface area contributed by atoms with Crippen LogP contribution >= 0.6 is 0 Å². The summed E-state index contributed by atoms with van der Waals surface area (Å²) >= 11 is 0. The van der Waals surface area contributed by atoms with Gasteiger partial charge in [0.1, 0.15) is 0 Å². The number of carbonyl (C=O) groups excluding carboxylic acids is 1. The highest BCUT2D eigenvalue weighted by Crippen LogP contribution is 2.34. The van der Waals surface area contributed by atoms with Crippen LogP contribution in [0.1, 0.15) is 42.4 Å². The first-order valence-electron chi connectivity index (χ1n) is 7.73. The summed E-state index contributed by atoms with van der Waals surface area (Å²) in [7, 11) is 0. The molecule has 3 rings (SSSR count). The van der Waals surface area contributed by atoms with Gasteiger partial charge in [0.15, 0.2) is 0 Å². The van der Waals surface area contributed by atoms with E-state index in [4.69, 9.17) is 5.11 Å². The zero-order valence-electron chi connectivity index (χ0n) is 12.1. The number of carboxylic acids is 1. The molecule has 2 aliphatic rings. The Morgan fingerprint density at radius 2 is 2.00 bits per heavy atom. The molecule has 1 atom stereocenters. The summed E-state index contributed by atoms with van der Waals surface area (Å²) in [6.45, 7) is 0. The molecule has 0 spiro atoms. The van der Waals surface area contributed by atoms with Crippen molar-refractivity contribution in [1.82, 2.24) is 5.32 Å². The Morgan fingerprint density at radius 3 is 2.71 bits per heavy atom. The minimum atomic E-state index is -0.843. The number of carbonyl (C=O) groups is 2. The van der Waals surface area contributed by atoms with Gasteiger partial charge in [0, 0.05) is 6.04 Å². The molecule has 0 radical (unpaired) electrons. The van der Waals surface area contributed by atoms with Crippen molar-refractivity contribution in [2.24, 2.45) is 5.92 Å². The van der Waals surface area contributed by atoms with E-state index in [9.17, 15) is 9.59 Å². The number of hydrogen-bond acceptors (Lipinski definition) is 2. The maximum Gasteiger partial charge on any atom is 0.305 e. The Hall–Kier alpha value is -1.84. The first-order valence-corrected chi connectivity index (χ1v) is 7.73. The molecule has 4 heteroatoms. The molecule has 1 saturated carbocycles. The van der Waals surface area contributed by atoms with Crippen molar-refractivity contribution in [3.8, 4) is 0 Å². The SMILES string of the molecule is O=C(O)CC(NC(=O)Cc1ccc2c(c1)CCC2)C1CC1. The number of carboxylic acid groups (broad SMARTS) is 1. The minimum absolute atomic E-state index is 0.0284. The van der Waals surface area contributed by atoms with Gasteiger partial charge in [-0.2, -0.15) is 0 Å². The van der Waals surface area contributed by atoms with Crippen molar-refractivity contribution >= 4 is 11.9 Å². The summed E-state index contributed by atoms with van der Waals surface area (Å²) < 4.78 is 0. The lowest BCUT2D eigenvalue weighted by atomic mass is 10.0. The fourth-order valence-electron chi connectivity index (χ4n) is 3.20. The molecule has 112 valence electrons. The number of nitrogens with one attached hydrogen (secondary N) is 1. The number of aryl methyl sites for hydroxylation is 2. The van der Waals surface area contributed by atoms with Crippen molar-refractivity contribution < 1.29 is 14.7 Å². The molecule has 0 aliphatic heterocycles. The van der Waals surface area contributed by atoms with E-state index in [1.165, 1.54) is 17.5 Å². The number of benzene rings is 1. The normalized spacial score (nSPS) is 18.1. The first-order chi connectivity index (χ1) is 10.1. The molecule has 2 aliphatic carbocycles. The zero-order chi connectivity index (χ0) is 14.8. The van der Waals surface area contributed by atoms with Crippen LogP contribution in [0, 0.1) is 5.92 Å². The largest absolute Gasteiger partial charge is 0.481 e. The molecule has 0 heterocycles. The molecule has 1 aromatic carbocycles. The number of amides is 1. The quantitative estimate of drug-likeness (QED) is 0.842. The summed E-state index contributed by atoms with van der Waals surface area (Å²) in [5, 5.41) is 11.8. The molecule has 0 bridgehead atoms. The van der Waals surface area contributed by atoms with Crippen LogP contribution in [0.25, 0.3) is 0 Å². The Labute approximate surface area is 124 Å². The predicted octanol–water partition coefficient (Wildman–Crippen LogP) is 2.09. The highest BCUT2D eigenvalue weighted by molar-refractivity contribution is 5.80. The van der Waals surface area contributed by atoms with Gasteiger partial charge in [0.25, 0.3) is 0 Å². The van der Waals surface area contributed by atoms with Gasteiger partial charge in [-0.1, -0.05) is 18.2 Å². The molecule has 1 fully saturated rings. The summed E-state index contributed by atoms with van der Waals surface area (Å²) in [6, 6.07) is 6.07. The van der Waals surface area contributed by atoms with E-state index < -0.39 is 5.97 Å². The van der Waals surface area contributed by atoms with Gasteiger partial charge in [0.05, 0.1) is 12.8 Å². The van der Waals surface area contributed by atoms with Crippen LogP contribution in [0.3, 0.4) is 0 Å². The van der Waals surface area contributed by atoms with Crippen LogP contribution in [0.2, 0.25) is 0 Å². The molecule has 1 amide bonds. The fourth-order valence-corrected chi connectivity index (χ4v) is 3.20. The third-order valence-corrected chi connectivity index (χ3v) is 4.46. The summed E-state index contributed by atoms with van der Waals surface area (Å²) in [5.74, 6) is -0.555. The summed E-state index contributed by atoms with van der Waals surface area (Å²) in [6.07, 6.45) is 5.87. The van der Waals surface area contributed by atoms with E-state index >= 15 is 0 Å². The lowest BCUT2D eigenvalue weighted by molar-refractivity contribution is -0.137. The Balaban J connectivity index is 1.59. The lowest BCUT2D eigenvalue weighted by Crippen LogP contribution is -2.38. The average molecular weight is 287 g/mol. The fraction of sp³-hybridized carbons (Fsp3) is 0.529. The number of hydrogen-bond donors (Lipinski definition) is 2. The van der Waals surface area contributed by atoms with Gasteiger partial charge in [-0.3, -0.25) is 9.59 Å². The zero-order valence-corrected chi connectivity index (χ0v) is 12.1. The maximum atomic E-state index is 12.1. The topological polar surface area (TPSA) is 66.4 Å². The van der Waals surface area contributed by atoms with E-state index in [-0.39, 0.29) is 18.4 Å². The van der Waals surface area contributed by atoms with Gasteiger partial charge in [-0.15, -0.1) is 0 Å². The molecule has 4 nitrogen and oxygen atoms in total. The van der Waals surface area contributed by atoms with Gasteiger partial charge in [-0.05, 0) is 54.7 Å². The van der Waals surface area contributed by atoms with Crippen molar-refractivity contribution in [3.05, 3.63) is 34.9 Å². The summed E-state index contributed by atoms with van der Waals surface area (Å²) in [5.41, 5.74) is 3.79. The third kappa shape index (κ3) is 3.63. The smallest absolute Gasteiger partial charge is 0.305 e. The average Bonchev–Trinajstić information content (AvgIpc) is 3.16. The van der Waals surface area contributed by atoms with E-state index in [0.29, 0.717) is 12.3 Å². The van der Waals surface area contributed by atoms with Crippen LogP contribution in [0.4, 0.5) is 0 Å². The second-order valence-corrected chi connectivity index (χ2v) is 6.24. The molecular weight excluding hydrogens is 266 g/mol. The molecule has 0 saturated heterocycles. The van der Waals surface area contributed by atoms with Crippen LogP contribution < -0.4 is 5.32 Å². The monoisotopic (exact) mass is 287 g/mol. The van der Waals surface area contributed by atoms with Crippen LogP contribution in [-0.2, 0) is 28.9 Å². The Kier molecular flexibility index (Phi) is 3.95. The van der Waals surface area contributed by atoms with Crippen molar-refractivity contribution in [3.63, 3.8) is 0 Å². The number of aliphatic carboxylic acids is 1. The van der Waals surface area contributed by atoms with Crippen molar-refractivity contribution in [2.45, 2.75) is 51.0 Å². The molecule has 21 heavy (non-hydrogen) atoms. The van der Waals surface area contributed by atoms with Crippen LogP contribution in [-0.4, -0.2) is 23.0 Å². The van der Waals surface area contributed by atoms with E-state index in [1.807, 2.05) is 6.07 Å².